The van der Waals surface area contributed by atoms with Gasteiger partial charge >= 0.3 is 0 Å². The van der Waals surface area contributed by atoms with Gasteiger partial charge in [-0.1, -0.05) is 67.6 Å². The lowest BCUT2D eigenvalue weighted by atomic mass is 10.2. The van der Waals surface area contributed by atoms with Crippen molar-refractivity contribution in [2.45, 2.75) is 25.8 Å². The highest BCUT2D eigenvalue weighted by molar-refractivity contribution is 7.96. The molecule has 0 heterocycles. The lowest BCUT2D eigenvalue weighted by Gasteiger charge is -2.17. The first kappa shape index (κ1) is 20.0. The van der Waals surface area contributed by atoms with Crippen molar-refractivity contribution in [2.24, 2.45) is 0 Å². The zero-order valence-corrected chi connectivity index (χ0v) is 18.2. The molecule has 0 fully saturated rings. The average molecular weight is 452 g/mol. The van der Waals surface area contributed by atoms with E-state index in [1.54, 1.807) is 67.6 Å². The van der Waals surface area contributed by atoms with Crippen molar-refractivity contribution in [3.05, 3.63) is 71.8 Å². The van der Waals surface area contributed by atoms with Crippen molar-refractivity contribution in [2.75, 3.05) is 24.2 Å². The van der Waals surface area contributed by atoms with E-state index in [1.165, 1.54) is 0 Å². The van der Waals surface area contributed by atoms with Crippen LogP contribution in [-0.4, -0.2) is 53.7 Å². The minimum atomic E-state index is -2.39. The molecule has 164 valence electrons. The third-order valence-corrected chi connectivity index (χ3v) is 5.88. The summed E-state index contributed by atoms with van der Waals surface area (Å²) >= 11 is 0. The fourth-order valence-corrected chi connectivity index (χ4v) is 3.93. The monoisotopic (exact) mass is 451 g/mol. The molecule has 0 aliphatic carbocycles. The van der Waals surface area contributed by atoms with Gasteiger partial charge in [0.05, 0.1) is 16.8 Å². The Hall–Kier alpha value is -2.93. The number of carbonyl (C=O) groups excluding carboxylic acids is 4. The number of nitrogens with one attached hydrogen (secondary N) is 2. The third-order valence-electron chi connectivity index (χ3n) is 4.55. The Morgan fingerprint density at radius 1 is 0.935 bits per heavy atom. The molecule has 2 atom stereocenters. The average Bonchev–Trinajstić information content (AvgIpc) is 2.83. The number of amides is 2. The van der Waals surface area contributed by atoms with E-state index >= 15 is 0 Å². The second kappa shape index (κ2) is 12.7. The summed E-state index contributed by atoms with van der Waals surface area (Å²) in [6, 6.07) is 15.9. The quantitative estimate of drug-likeness (QED) is 0.295. The summed E-state index contributed by atoms with van der Waals surface area (Å²) < 4.78 is 23.6. The van der Waals surface area contributed by atoms with Gasteiger partial charge in [-0.2, -0.15) is 0 Å². The fraction of sp³-hybridized carbons (Fsp3) is 0.333. The van der Waals surface area contributed by atoms with E-state index < -0.39 is 29.0 Å². The molecular formula is C24H29N2O4S+. The van der Waals surface area contributed by atoms with E-state index in [4.69, 9.17) is 4.11 Å². The maximum Gasteiger partial charge on any atom is 0.243 e. The highest BCUT2D eigenvalue weighted by Gasteiger charge is 2.25. The lowest BCUT2D eigenvalue weighted by molar-refractivity contribution is -0.128. The van der Waals surface area contributed by atoms with Gasteiger partial charge < -0.3 is 10.6 Å². The first-order chi connectivity index (χ1) is 16.1. The van der Waals surface area contributed by atoms with E-state index in [1.807, 2.05) is 0 Å². The normalized spacial score (nSPS) is 14.3. The number of benzene rings is 2. The number of carbonyl (C=O) groups is 4. The van der Waals surface area contributed by atoms with Crippen molar-refractivity contribution < 1.29 is 23.3 Å². The highest BCUT2D eigenvalue weighted by atomic mass is 32.2. The van der Waals surface area contributed by atoms with Crippen LogP contribution >= 0.6 is 0 Å². The molecule has 31 heavy (non-hydrogen) atoms. The van der Waals surface area contributed by atoms with Gasteiger partial charge in [0.1, 0.15) is 11.8 Å². The van der Waals surface area contributed by atoms with Crippen LogP contribution in [0.25, 0.3) is 0 Å². The molecule has 2 aromatic carbocycles. The van der Waals surface area contributed by atoms with E-state index in [0.29, 0.717) is 11.1 Å². The summed E-state index contributed by atoms with van der Waals surface area (Å²) in [5.41, 5.74) is 0.873. The molecule has 2 rings (SSSR count). The maximum absolute atomic E-state index is 12.8. The van der Waals surface area contributed by atoms with Crippen LogP contribution in [0.15, 0.2) is 60.7 Å². The standard InChI is InChI=1S/C24H28N2O4S/c1-3-23(29)26-20(24(30)25-16-21(27)18-10-6-4-7-11-18)14-15-31(2)17-22(28)19-12-8-5-9-13-19/h4-13,20H,3,14-17H2,1-2H3,(H-,25,26,29,30)/p+1/i2D3,4+1,6+1,7+1,10+1,11+1,18+1,22+1. The minimum Gasteiger partial charge on any atom is -0.347 e. The summed E-state index contributed by atoms with van der Waals surface area (Å²) in [6.45, 7) is 1.38. The first-order valence-corrected chi connectivity index (χ1v) is 11.6. The Morgan fingerprint density at radius 3 is 2.06 bits per heavy atom. The molecule has 0 aliphatic heterocycles. The molecule has 0 bridgehead atoms. The maximum atomic E-state index is 12.8. The molecule has 0 saturated heterocycles. The molecule has 0 spiro atoms. The van der Waals surface area contributed by atoms with Gasteiger partial charge in [-0.05, 0) is 10.9 Å². The molecule has 0 saturated carbocycles. The summed E-state index contributed by atoms with van der Waals surface area (Å²) in [5, 5.41) is 5.13. The molecule has 0 radical (unpaired) electrons. The van der Waals surface area contributed by atoms with Gasteiger partial charge in [-0.15, -0.1) is 0 Å². The van der Waals surface area contributed by atoms with Crippen LogP contribution in [0.1, 0.15) is 44.6 Å². The molecule has 2 unspecified atom stereocenters. The topological polar surface area (TPSA) is 92.3 Å². The third kappa shape index (κ3) is 8.38. The van der Waals surface area contributed by atoms with E-state index in [-0.39, 0.29) is 48.4 Å². The number of hydrogen-bond donors (Lipinski definition) is 2. The molecule has 6 nitrogen and oxygen atoms in total. The molecule has 2 amide bonds. The molecule has 0 aromatic heterocycles. The molecule has 2 N–H and O–H groups in total. The van der Waals surface area contributed by atoms with E-state index in [9.17, 15) is 19.2 Å². The summed E-state index contributed by atoms with van der Waals surface area (Å²) in [5.74, 6) is -1.65. The van der Waals surface area contributed by atoms with Crippen molar-refractivity contribution >= 4 is 34.3 Å². The predicted octanol–water partition coefficient (Wildman–Crippen LogP) is 2.40. The van der Waals surface area contributed by atoms with E-state index in [0.717, 1.165) is 0 Å². The SMILES string of the molecule is [2H]C([2H])([2H])[S+](CCC(NC(=O)CC)C(=O)NCC(=O)[13c]1[13cH][13cH][13cH][13cH][13cH]1)C[13C](=O)c1ccccc1. The van der Waals surface area contributed by atoms with Crippen molar-refractivity contribution in [1.29, 1.82) is 0 Å². The number of Topliss-reactive ketones (excluding diaryl/α,β-unsaturated/α-hetero) is 2. The Labute approximate surface area is 190 Å². The highest BCUT2D eigenvalue weighted by Crippen LogP contribution is 2.07. The van der Waals surface area contributed by atoms with Gasteiger partial charge in [0.25, 0.3) is 0 Å². The number of ketones is 2. The van der Waals surface area contributed by atoms with Gasteiger partial charge in [-0.3, -0.25) is 19.2 Å². The summed E-state index contributed by atoms with van der Waals surface area (Å²) in [4.78, 5) is 49.6. The van der Waals surface area contributed by atoms with Gasteiger partial charge in [0, 0.05) is 24.0 Å². The van der Waals surface area contributed by atoms with Crippen LogP contribution in [0.5, 0.6) is 0 Å². The second-order valence-electron chi connectivity index (χ2n) is 6.90. The van der Waals surface area contributed by atoms with Crippen LogP contribution in [0.4, 0.5) is 0 Å². The second-order valence-corrected chi connectivity index (χ2v) is 8.58. The van der Waals surface area contributed by atoms with Crippen LogP contribution in [0.3, 0.4) is 0 Å². The Bertz CT molecular complexity index is 985. The predicted molar refractivity (Wildman–Crippen MR) is 124 cm³/mol. The van der Waals surface area contributed by atoms with Crippen LogP contribution < -0.4 is 10.6 Å². The van der Waals surface area contributed by atoms with Crippen LogP contribution in [0, 0.1) is 0 Å². The Morgan fingerprint density at radius 2 is 1.52 bits per heavy atom. The Balaban J connectivity index is 2.05. The molecule has 7 heteroatoms. The Kier molecular flexibility index (Phi) is 8.19. The van der Waals surface area contributed by atoms with Crippen molar-refractivity contribution in [3.63, 3.8) is 0 Å². The van der Waals surface area contributed by atoms with Gasteiger partial charge in [0.2, 0.25) is 17.6 Å². The molecule has 2 aromatic rings. The molecular weight excluding hydrogens is 419 g/mol. The van der Waals surface area contributed by atoms with Crippen LogP contribution in [0.2, 0.25) is 0 Å². The molecule has 0 aliphatic rings. The van der Waals surface area contributed by atoms with E-state index in [2.05, 4.69) is 10.6 Å². The largest absolute Gasteiger partial charge is 0.347 e. The van der Waals surface area contributed by atoms with Crippen molar-refractivity contribution in [1.82, 2.24) is 10.6 Å². The smallest absolute Gasteiger partial charge is 0.243 e. The summed E-state index contributed by atoms with van der Waals surface area (Å²) in [7, 11) is -1.32. The minimum absolute atomic E-state index is 0.0284. The number of hydrogen-bond acceptors (Lipinski definition) is 4. The zero-order chi connectivity index (χ0) is 25.1. The van der Waals surface area contributed by atoms with Crippen molar-refractivity contribution in [3.8, 4) is 0 Å². The van der Waals surface area contributed by atoms with Gasteiger partial charge in [-0.25, -0.2) is 0 Å². The fourth-order valence-electron chi connectivity index (χ4n) is 2.78. The lowest BCUT2D eigenvalue weighted by Crippen LogP contribution is -2.48. The van der Waals surface area contributed by atoms with Gasteiger partial charge in [0.15, 0.2) is 11.5 Å². The first-order valence-electron chi connectivity index (χ1n) is 11.5. The summed E-state index contributed by atoms with van der Waals surface area (Å²) in [6.07, 6.45) is -2.21. The zero-order valence-electron chi connectivity index (χ0n) is 20.4. The number of rotatable bonds is 12. The van der Waals surface area contributed by atoms with Crippen LogP contribution in [-0.2, 0) is 20.5 Å².